The Labute approximate surface area is 129 Å². The molecule has 0 radical (unpaired) electrons. The van der Waals surface area contributed by atoms with E-state index >= 15 is 0 Å². The molecule has 1 aromatic carbocycles. The van der Waals surface area contributed by atoms with Gasteiger partial charge in [-0.05, 0) is 31.2 Å². The Hall–Kier alpha value is -2.37. The Morgan fingerprint density at radius 1 is 1.27 bits per heavy atom. The Kier molecular flexibility index (Phi) is 5.14. The number of benzene rings is 1. The molecule has 0 aromatic heterocycles. The molecule has 1 saturated heterocycles. The van der Waals surface area contributed by atoms with Gasteiger partial charge >= 0.3 is 5.97 Å². The smallest absolute Gasteiger partial charge is 0.311 e. The lowest BCUT2D eigenvalue weighted by Crippen LogP contribution is -2.26. The summed E-state index contributed by atoms with van der Waals surface area (Å²) in [6.45, 7) is 4.17. The molecule has 0 bridgehead atoms. The Balaban J connectivity index is 2.04. The summed E-state index contributed by atoms with van der Waals surface area (Å²) >= 11 is 0. The van der Waals surface area contributed by atoms with Crippen LogP contribution in [0.15, 0.2) is 24.3 Å². The van der Waals surface area contributed by atoms with E-state index < -0.39 is 5.92 Å². The molecular weight excluding hydrogens is 284 g/mol. The first-order valence-corrected chi connectivity index (χ1v) is 7.42. The molecule has 1 atom stereocenters. The average molecular weight is 304 g/mol. The normalized spacial score (nSPS) is 17.5. The van der Waals surface area contributed by atoms with Crippen molar-refractivity contribution >= 4 is 29.2 Å². The van der Waals surface area contributed by atoms with Gasteiger partial charge < -0.3 is 15.0 Å². The maximum absolute atomic E-state index is 12.1. The molecule has 1 heterocycles. The van der Waals surface area contributed by atoms with Crippen molar-refractivity contribution in [1.82, 2.24) is 0 Å². The number of anilines is 2. The van der Waals surface area contributed by atoms with Gasteiger partial charge in [0.25, 0.3) is 0 Å². The fourth-order valence-corrected chi connectivity index (χ4v) is 2.35. The second-order valence-corrected chi connectivity index (χ2v) is 5.11. The lowest BCUT2D eigenvalue weighted by molar-refractivity contribution is -0.147. The molecule has 2 rings (SSSR count). The van der Waals surface area contributed by atoms with E-state index in [4.69, 9.17) is 4.74 Å². The molecule has 0 unspecified atom stereocenters. The second kappa shape index (κ2) is 7.06. The fourth-order valence-electron chi connectivity index (χ4n) is 2.35. The first-order chi connectivity index (χ1) is 10.5. The van der Waals surface area contributed by atoms with Gasteiger partial charge in [0.2, 0.25) is 11.8 Å². The van der Waals surface area contributed by atoms with Gasteiger partial charge in [-0.1, -0.05) is 6.92 Å². The van der Waals surface area contributed by atoms with Crippen molar-refractivity contribution in [3.63, 3.8) is 0 Å². The van der Waals surface area contributed by atoms with Crippen molar-refractivity contribution in [2.45, 2.75) is 26.7 Å². The third-order valence-corrected chi connectivity index (χ3v) is 3.53. The van der Waals surface area contributed by atoms with Gasteiger partial charge in [-0.25, -0.2) is 0 Å². The maximum atomic E-state index is 12.1. The summed E-state index contributed by atoms with van der Waals surface area (Å²) in [6.07, 6.45) is 0.584. The van der Waals surface area contributed by atoms with E-state index in [0.29, 0.717) is 30.9 Å². The van der Waals surface area contributed by atoms with Crippen LogP contribution in [-0.2, 0) is 19.1 Å². The first-order valence-electron chi connectivity index (χ1n) is 7.42. The average Bonchev–Trinajstić information content (AvgIpc) is 2.90. The number of rotatable bonds is 5. The fraction of sp³-hybridized carbons (Fsp3) is 0.438. The summed E-state index contributed by atoms with van der Waals surface area (Å²) in [4.78, 5) is 36.7. The van der Waals surface area contributed by atoms with Crippen LogP contribution in [0.2, 0.25) is 0 Å². The van der Waals surface area contributed by atoms with Gasteiger partial charge in [-0.15, -0.1) is 0 Å². The van der Waals surface area contributed by atoms with Crippen molar-refractivity contribution in [3.8, 4) is 0 Å². The van der Waals surface area contributed by atoms with Crippen LogP contribution in [0, 0.1) is 5.92 Å². The lowest BCUT2D eigenvalue weighted by atomic mass is 10.1. The van der Waals surface area contributed by atoms with Crippen LogP contribution in [0.25, 0.3) is 0 Å². The van der Waals surface area contributed by atoms with Crippen LogP contribution >= 0.6 is 0 Å². The molecule has 1 N–H and O–H groups in total. The van der Waals surface area contributed by atoms with Crippen molar-refractivity contribution in [2.75, 3.05) is 23.4 Å². The second-order valence-electron chi connectivity index (χ2n) is 5.11. The number of nitrogens with zero attached hydrogens (tertiary/aromatic N) is 1. The molecule has 1 aliphatic heterocycles. The van der Waals surface area contributed by atoms with E-state index in [1.54, 1.807) is 43.0 Å². The molecule has 118 valence electrons. The zero-order valence-electron chi connectivity index (χ0n) is 12.8. The highest BCUT2D eigenvalue weighted by Gasteiger charge is 2.35. The molecule has 1 aliphatic rings. The topological polar surface area (TPSA) is 75.7 Å². The predicted molar refractivity (Wildman–Crippen MR) is 82.5 cm³/mol. The van der Waals surface area contributed by atoms with E-state index in [2.05, 4.69) is 5.32 Å². The van der Waals surface area contributed by atoms with E-state index in [-0.39, 0.29) is 24.2 Å². The largest absolute Gasteiger partial charge is 0.466 e. The zero-order chi connectivity index (χ0) is 16.1. The highest BCUT2D eigenvalue weighted by atomic mass is 16.5. The van der Waals surface area contributed by atoms with Crippen LogP contribution in [0.4, 0.5) is 11.4 Å². The molecule has 0 spiro atoms. The Morgan fingerprint density at radius 2 is 1.95 bits per heavy atom. The summed E-state index contributed by atoms with van der Waals surface area (Å²) in [7, 11) is 0. The van der Waals surface area contributed by atoms with Crippen LogP contribution in [0.5, 0.6) is 0 Å². The Bertz CT molecular complexity index is 568. The first kappa shape index (κ1) is 16.0. The molecule has 0 saturated carbocycles. The van der Waals surface area contributed by atoms with Crippen molar-refractivity contribution in [3.05, 3.63) is 24.3 Å². The van der Waals surface area contributed by atoms with Crippen LogP contribution < -0.4 is 10.2 Å². The van der Waals surface area contributed by atoms with Crippen LogP contribution in [0.3, 0.4) is 0 Å². The van der Waals surface area contributed by atoms with E-state index in [0.717, 1.165) is 0 Å². The minimum absolute atomic E-state index is 0.0626. The minimum Gasteiger partial charge on any atom is -0.466 e. The highest BCUT2D eigenvalue weighted by Crippen LogP contribution is 2.27. The summed E-state index contributed by atoms with van der Waals surface area (Å²) in [5, 5.41) is 2.75. The number of esters is 1. The van der Waals surface area contributed by atoms with Gasteiger partial charge in [0.15, 0.2) is 0 Å². The number of hydrogen-bond acceptors (Lipinski definition) is 4. The lowest BCUT2D eigenvalue weighted by Gasteiger charge is -2.17. The molecule has 0 aliphatic carbocycles. The molecule has 22 heavy (non-hydrogen) atoms. The predicted octanol–water partition coefficient (Wildman–Crippen LogP) is 1.95. The minimum atomic E-state index is -0.410. The SMILES string of the molecule is CCOC(=O)[C@@H]1CC(=O)N(c2ccc(NC(=O)CC)cc2)C1. The third-order valence-electron chi connectivity index (χ3n) is 3.53. The summed E-state index contributed by atoms with van der Waals surface area (Å²) in [5.74, 6) is -0.895. The number of amides is 2. The number of nitrogens with one attached hydrogen (secondary N) is 1. The van der Waals surface area contributed by atoms with Crippen LogP contribution in [0.1, 0.15) is 26.7 Å². The number of hydrogen-bond donors (Lipinski definition) is 1. The number of carbonyl (C=O) groups excluding carboxylic acids is 3. The standard InChI is InChI=1S/C16H20N2O4/c1-3-14(19)17-12-5-7-13(8-6-12)18-10-11(9-15(18)20)16(21)22-4-2/h5-8,11H,3-4,9-10H2,1-2H3,(H,17,19)/t11-/m1/s1. The van der Waals surface area contributed by atoms with Gasteiger partial charge in [0, 0.05) is 30.8 Å². The van der Waals surface area contributed by atoms with Crippen molar-refractivity contribution in [2.24, 2.45) is 5.92 Å². The number of ether oxygens (including phenoxy) is 1. The van der Waals surface area contributed by atoms with E-state index in [9.17, 15) is 14.4 Å². The Morgan fingerprint density at radius 3 is 2.55 bits per heavy atom. The van der Waals surface area contributed by atoms with E-state index in [1.807, 2.05) is 0 Å². The van der Waals surface area contributed by atoms with Crippen molar-refractivity contribution < 1.29 is 19.1 Å². The van der Waals surface area contributed by atoms with Gasteiger partial charge in [-0.3, -0.25) is 14.4 Å². The molecular formula is C16H20N2O4. The molecule has 6 nitrogen and oxygen atoms in total. The zero-order valence-corrected chi connectivity index (χ0v) is 12.8. The van der Waals surface area contributed by atoms with Gasteiger partial charge in [0.05, 0.1) is 12.5 Å². The van der Waals surface area contributed by atoms with E-state index in [1.165, 1.54) is 0 Å². The molecule has 6 heteroatoms. The summed E-state index contributed by atoms with van der Waals surface area (Å²) in [6, 6.07) is 7.01. The third kappa shape index (κ3) is 3.63. The van der Waals surface area contributed by atoms with Gasteiger partial charge in [-0.2, -0.15) is 0 Å². The monoisotopic (exact) mass is 304 g/mol. The number of carbonyl (C=O) groups is 3. The molecule has 1 fully saturated rings. The van der Waals surface area contributed by atoms with Crippen molar-refractivity contribution in [1.29, 1.82) is 0 Å². The van der Waals surface area contributed by atoms with Gasteiger partial charge in [0.1, 0.15) is 0 Å². The summed E-state index contributed by atoms with van der Waals surface area (Å²) in [5.41, 5.74) is 1.40. The highest BCUT2D eigenvalue weighted by molar-refractivity contribution is 5.99. The molecule has 2 amide bonds. The maximum Gasteiger partial charge on any atom is 0.311 e. The quantitative estimate of drug-likeness (QED) is 0.844. The summed E-state index contributed by atoms with van der Waals surface area (Å²) < 4.78 is 4.97. The molecule has 1 aromatic rings. The van der Waals surface area contributed by atoms with Crippen LogP contribution in [-0.4, -0.2) is 30.9 Å².